The van der Waals surface area contributed by atoms with Crippen LogP contribution in [0.5, 0.6) is 0 Å². The third-order valence-corrected chi connectivity index (χ3v) is 4.52. The van der Waals surface area contributed by atoms with Gasteiger partial charge in [0.25, 0.3) is 11.2 Å². The topological polar surface area (TPSA) is 77.5 Å². The van der Waals surface area contributed by atoms with Gasteiger partial charge in [-0.05, 0) is 35.9 Å². The van der Waals surface area contributed by atoms with E-state index in [4.69, 9.17) is 0 Å². The fourth-order valence-electron chi connectivity index (χ4n) is 2.46. The molecule has 6 nitrogen and oxygen atoms in total. The number of para-hydroxylation sites is 2. The molecule has 0 aliphatic heterocycles. The summed E-state index contributed by atoms with van der Waals surface area (Å²) in [4.78, 5) is 27.9. The first-order chi connectivity index (χ1) is 11.1. The monoisotopic (exact) mass is 323 g/mol. The summed E-state index contributed by atoms with van der Waals surface area (Å²) in [5, 5.41) is 10.7. The zero-order chi connectivity index (χ0) is 16.0. The van der Waals surface area contributed by atoms with Crippen molar-refractivity contribution in [1.82, 2.24) is 9.38 Å². The second kappa shape index (κ2) is 4.99. The number of hydrogen-bond acceptors (Lipinski definition) is 5. The summed E-state index contributed by atoms with van der Waals surface area (Å²) in [5.41, 5.74) is 2.21. The molecule has 0 amide bonds. The van der Waals surface area contributed by atoms with E-state index in [1.165, 1.54) is 23.5 Å². The molecule has 0 atom stereocenters. The average molecular weight is 323 g/mol. The quantitative estimate of drug-likeness (QED) is 0.419. The van der Waals surface area contributed by atoms with E-state index >= 15 is 0 Å². The van der Waals surface area contributed by atoms with Gasteiger partial charge in [-0.15, -0.1) is 0 Å². The minimum absolute atomic E-state index is 0.0245. The van der Waals surface area contributed by atoms with Crippen LogP contribution < -0.4 is 10.1 Å². The van der Waals surface area contributed by atoms with E-state index < -0.39 is 4.92 Å². The van der Waals surface area contributed by atoms with Gasteiger partial charge in [0.15, 0.2) is 4.96 Å². The van der Waals surface area contributed by atoms with Crippen LogP contribution >= 0.6 is 11.3 Å². The maximum Gasteiger partial charge on any atom is 0.274 e. The Bertz CT molecular complexity index is 1160. The van der Waals surface area contributed by atoms with E-state index in [0.717, 1.165) is 16.6 Å². The van der Waals surface area contributed by atoms with Crippen molar-refractivity contribution >= 4 is 39.1 Å². The Balaban J connectivity index is 1.90. The van der Waals surface area contributed by atoms with E-state index in [1.807, 2.05) is 24.3 Å². The molecule has 2 heterocycles. The lowest BCUT2D eigenvalue weighted by molar-refractivity contribution is -0.384. The van der Waals surface area contributed by atoms with Gasteiger partial charge < -0.3 is 0 Å². The van der Waals surface area contributed by atoms with Crippen LogP contribution in [-0.4, -0.2) is 14.3 Å². The van der Waals surface area contributed by atoms with Gasteiger partial charge in [0.05, 0.1) is 20.5 Å². The Morgan fingerprint density at radius 1 is 1.13 bits per heavy atom. The Hall–Kier alpha value is -3.06. The summed E-state index contributed by atoms with van der Waals surface area (Å²) < 4.78 is 2.14. The lowest BCUT2D eigenvalue weighted by Gasteiger charge is -1.92. The van der Waals surface area contributed by atoms with Gasteiger partial charge in [0.1, 0.15) is 0 Å². The van der Waals surface area contributed by atoms with E-state index in [2.05, 4.69) is 4.98 Å². The van der Waals surface area contributed by atoms with Crippen molar-refractivity contribution in [2.24, 2.45) is 0 Å². The molecule has 7 heteroatoms. The molecule has 0 saturated heterocycles. The Morgan fingerprint density at radius 3 is 2.61 bits per heavy atom. The fourth-order valence-corrected chi connectivity index (χ4v) is 3.44. The molecule has 0 bridgehead atoms. The predicted octanol–water partition coefficient (Wildman–Crippen LogP) is 2.37. The number of rotatable bonds is 2. The molecule has 2 aromatic carbocycles. The number of imidazole rings is 1. The highest BCUT2D eigenvalue weighted by molar-refractivity contribution is 7.15. The third-order valence-electron chi connectivity index (χ3n) is 3.55. The Morgan fingerprint density at radius 2 is 1.87 bits per heavy atom. The molecule has 23 heavy (non-hydrogen) atoms. The van der Waals surface area contributed by atoms with Gasteiger partial charge in [-0.3, -0.25) is 14.9 Å². The summed E-state index contributed by atoms with van der Waals surface area (Å²) in [5.74, 6) is 0. The maximum atomic E-state index is 12.6. The first-order valence-electron chi connectivity index (χ1n) is 6.80. The number of fused-ring (bicyclic) bond motifs is 3. The predicted molar refractivity (Wildman–Crippen MR) is 88.7 cm³/mol. The van der Waals surface area contributed by atoms with Crippen molar-refractivity contribution in [3.05, 3.63) is 79.1 Å². The lowest BCUT2D eigenvalue weighted by Crippen LogP contribution is -2.22. The molecule has 0 radical (unpaired) electrons. The second-order valence-electron chi connectivity index (χ2n) is 4.98. The zero-order valence-corrected chi connectivity index (χ0v) is 12.5. The van der Waals surface area contributed by atoms with Crippen molar-refractivity contribution in [1.29, 1.82) is 0 Å². The Labute approximate surface area is 133 Å². The van der Waals surface area contributed by atoms with Crippen LogP contribution in [0.25, 0.3) is 22.1 Å². The summed E-state index contributed by atoms with van der Waals surface area (Å²) in [6.07, 6.45) is 1.72. The number of nitro groups is 1. The van der Waals surface area contributed by atoms with Crippen LogP contribution in [-0.2, 0) is 0 Å². The maximum absolute atomic E-state index is 12.6. The summed E-state index contributed by atoms with van der Waals surface area (Å²) >= 11 is 1.30. The summed E-state index contributed by atoms with van der Waals surface area (Å²) in [6, 6.07) is 13.6. The van der Waals surface area contributed by atoms with Gasteiger partial charge in [-0.1, -0.05) is 23.5 Å². The number of hydrogen-bond donors (Lipinski definition) is 0. The molecule has 0 fully saturated rings. The van der Waals surface area contributed by atoms with Crippen LogP contribution in [0.3, 0.4) is 0 Å². The van der Waals surface area contributed by atoms with Crippen molar-refractivity contribution in [3.63, 3.8) is 0 Å². The lowest BCUT2D eigenvalue weighted by atomic mass is 10.2. The van der Waals surface area contributed by atoms with Crippen molar-refractivity contribution in [2.75, 3.05) is 0 Å². The van der Waals surface area contributed by atoms with Crippen molar-refractivity contribution in [2.45, 2.75) is 0 Å². The van der Waals surface area contributed by atoms with E-state index in [1.54, 1.807) is 22.6 Å². The smallest absolute Gasteiger partial charge is 0.267 e. The molecule has 0 aliphatic carbocycles. The molecule has 0 spiro atoms. The number of non-ortho nitro benzene ring substituents is 1. The minimum Gasteiger partial charge on any atom is -0.267 e. The normalized spacial score (nSPS) is 12.3. The molecular weight excluding hydrogens is 314 g/mol. The number of nitrogens with zero attached hydrogens (tertiary/aromatic N) is 3. The van der Waals surface area contributed by atoms with Crippen molar-refractivity contribution < 1.29 is 4.92 Å². The largest absolute Gasteiger partial charge is 0.274 e. The molecule has 112 valence electrons. The van der Waals surface area contributed by atoms with Gasteiger partial charge in [0.2, 0.25) is 0 Å². The summed E-state index contributed by atoms with van der Waals surface area (Å²) in [6.45, 7) is 0. The molecule has 0 unspecified atom stereocenters. The highest BCUT2D eigenvalue weighted by Gasteiger charge is 2.10. The first-order valence-corrected chi connectivity index (χ1v) is 7.61. The number of thiazole rings is 1. The standard InChI is InChI=1S/C16H9N3O3S/c20-15-14(9-10-5-7-11(8-6-10)19(21)22)23-16-17-12-3-1-2-4-13(12)18(15)16/h1-9H/b14-9+. The SMILES string of the molecule is O=c1/c(=C\c2ccc([N+](=O)[O-])cc2)sc2nc3ccccc3n12. The van der Waals surface area contributed by atoms with E-state index in [0.29, 0.717) is 9.49 Å². The average Bonchev–Trinajstić information content (AvgIpc) is 3.05. The molecule has 0 saturated carbocycles. The van der Waals surface area contributed by atoms with Gasteiger partial charge >= 0.3 is 0 Å². The zero-order valence-electron chi connectivity index (χ0n) is 11.7. The van der Waals surface area contributed by atoms with Crippen LogP contribution in [0, 0.1) is 10.1 Å². The molecule has 4 rings (SSSR count). The van der Waals surface area contributed by atoms with Crippen LogP contribution in [0.15, 0.2) is 53.3 Å². The van der Waals surface area contributed by atoms with Gasteiger partial charge in [-0.2, -0.15) is 0 Å². The van der Waals surface area contributed by atoms with E-state index in [9.17, 15) is 14.9 Å². The van der Waals surface area contributed by atoms with Crippen LogP contribution in [0.4, 0.5) is 5.69 Å². The Kier molecular flexibility index (Phi) is 2.95. The number of aromatic nitrogens is 2. The van der Waals surface area contributed by atoms with Gasteiger partial charge in [0, 0.05) is 12.1 Å². The highest BCUT2D eigenvalue weighted by Crippen LogP contribution is 2.16. The minimum atomic E-state index is -0.450. The third kappa shape index (κ3) is 2.18. The molecule has 0 aliphatic rings. The first kappa shape index (κ1) is 13.6. The second-order valence-corrected chi connectivity index (χ2v) is 5.99. The number of benzene rings is 2. The van der Waals surface area contributed by atoms with Crippen LogP contribution in [0.1, 0.15) is 5.56 Å². The molecule has 4 aromatic rings. The fraction of sp³-hybridized carbons (Fsp3) is 0. The van der Waals surface area contributed by atoms with E-state index in [-0.39, 0.29) is 11.2 Å². The van der Waals surface area contributed by atoms with Gasteiger partial charge in [-0.25, -0.2) is 9.38 Å². The molecular formula is C16H9N3O3S. The summed E-state index contributed by atoms with van der Waals surface area (Å²) in [7, 11) is 0. The van der Waals surface area contributed by atoms with Crippen LogP contribution in [0.2, 0.25) is 0 Å². The molecule has 2 aromatic heterocycles. The highest BCUT2D eigenvalue weighted by atomic mass is 32.1. The number of nitro benzene ring substituents is 1. The molecule has 0 N–H and O–H groups in total. The van der Waals surface area contributed by atoms with Crippen molar-refractivity contribution in [3.8, 4) is 0 Å².